The number of aromatic nitrogens is 2. The van der Waals surface area contributed by atoms with Crippen molar-refractivity contribution in [1.82, 2.24) is 9.97 Å². The second kappa shape index (κ2) is 8.45. The molecule has 0 saturated carbocycles. The molecule has 3 rings (SSSR count). The van der Waals surface area contributed by atoms with Gasteiger partial charge in [-0.05, 0) is 44.0 Å². The quantitative estimate of drug-likeness (QED) is 0.837. The topological polar surface area (TPSA) is 67.3 Å². The van der Waals surface area contributed by atoms with Crippen molar-refractivity contribution in [3.05, 3.63) is 42.2 Å². The van der Waals surface area contributed by atoms with Crippen LogP contribution < -0.4 is 15.0 Å². The Morgan fingerprint density at radius 3 is 2.75 bits per heavy atom. The zero-order valence-corrected chi connectivity index (χ0v) is 15.4. The number of hydrogen-bond donors (Lipinski definition) is 1. The molecule has 0 radical (unpaired) electrons. The molecule has 0 aliphatic carbocycles. The first kappa shape index (κ1) is 19.9. The third kappa shape index (κ3) is 4.71. The molecule has 1 aliphatic rings. The summed E-state index contributed by atoms with van der Waals surface area (Å²) in [4.78, 5) is 23.0. The van der Waals surface area contributed by atoms with Crippen molar-refractivity contribution in [2.24, 2.45) is 5.92 Å². The van der Waals surface area contributed by atoms with Gasteiger partial charge in [-0.3, -0.25) is 4.79 Å². The van der Waals surface area contributed by atoms with Crippen molar-refractivity contribution in [2.45, 2.75) is 25.9 Å². The van der Waals surface area contributed by atoms with Gasteiger partial charge in [-0.1, -0.05) is 0 Å². The van der Waals surface area contributed by atoms with E-state index in [1.165, 1.54) is 6.07 Å². The van der Waals surface area contributed by atoms with Crippen LogP contribution in [-0.4, -0.2) is 35.6 Å². The number of rotatable bonds is 5. The predicted molar refractivity (Wildman–Crippen MR) is 98.2 cm³/mol. The Morgan fingerprint density at radius 1 is 1.32 bits per heavy atom. The number of anilines is 2. The van der Waals surface area contributed by atoms with Crippen LogP contribution >= 0.6 is 0 Å². The van der Waals surface area contributed by atoms with Crippen molar-refractivity contribution >= 4 is 17.5 Å². The van der Waals surface area contributed by atoms with Gasteiger partial charge in [-0.15, -0.1) is 0 Å². The lowest BCUT2D eigenvalue weighted by Crippen LogP contribution is -2.41. The molecule has 1 aromatic carbocycles. The van der Waals surface area contributed by atoms with Crippen molar-refractivity contribution in [3.63, 3.8) is 0 Å². The number of hydrogen-bond acceptors (Lipinski definition) is 5. The van der Waals surface area contributed by atoms with Gasteiger partial charge in [0.25, 0.3) is 0 Å². The third-order valence-corrected chi connectivity index (χ3v) is 4.49. The number of piperidine rings is 1. The summed E-state index contributed by atoms with van der Waals surface area (Å²) >= 11 is 0. The monoisotopic (exact) mass is 394 g/mol. The summed E-state index contributed by atoms with van der Waals surface area (Å²) in [6.07, 6.45) is 0.151. The summed E-state index contributed by atoms with van der Waals surface area (Å²) in [5.74, 6) is 0.0134. The smallest absolute Gasteiger partial charge is 0.416 e. The molecule has 9 heteroatoms. The van der Waals surface area contributed by atoms with Crippen LogP contribution in [0.1, 0.15) is 25.3 Å². The summed E-state index contributed by atoms with van der Waals surface area (Å²) in [6, 6.07) is 4.78. The zero-order valence-electron chi connectivity index (χ0n) is 15.4. The molecule has 2 heterocycles. The molecule has 1 N–H and O–H groups in total. The minimum Gasteiger partial charge on any atom is -0.492 e. The van der Waals surface area contributed by atoms with Crippen LogP contribution in [0.15, 0.2) is 36.7 Å². The van der Waals surface area contributed by atoms with Crippen LogP contribution in [0.3, 0.4) is 0 Å². The fourth-order valence-electron chi connectivity index (χ4n) is 3.15. The number of carbonyl (C=O) groups excluding carboxylic acids is 1. The van der Waals surface area contributed by atoms with E-state index < -0.39 is 11.7 Å². The first-order valence-electron chi connectivity index (χ1n) is 9.05. The van der Waals surface area contributed by atoms with Gasteiger partial charge in [0.1, 0.15) is 5.75 Å². The van der Waals surface area contributed by atoms with Gasteiger partial charge >= 0.3 is 6.18 Å². The van der Waals surface area contributed by atoms with Gasteiger partial charge in [0.2, 0.25) is 11.9 Å². The lowest BCUT2D eigenvalue weighted by molar-refractivity contribution is -0.137. The van der Waals surface area contributed by atoms with E-state index in [1.54, 1.807) is 25.4 Å². The van der Waals surface area contributed by atoms with Crippen LogP contribution in [-0.2, 0) is 11.0 Å². The molecule has 1 saturated heterocycles. The van der Waals surface area contributed by atoms with E-state index in [0.717, 1.165) is 25.1 Å². The lowest BCUT2D eigenvalue weighted by Gasteiger charge is -2.32. The molecular formula is C19H21F3N4O2. The fraction of sp³-hybridized carbons (Fsp3) is 0.421. The van der Waals surface area contributed by atoms with Crippen molar-refractivity contribution in [2.75, 3.05) is 29.9 Å². The van der Waals surface area contributed by atoms with E-state index >= 15 is 0 Å². The molecule has 1 aliphatic heterocycles. The van der Waals surface area contributed by atoms with Crippen LogP contribution in [0, 0.1) is 5.92 Å². The molecule has 1 aromatic heterocycles. The Hall–Kier alpha value is -2.84. The maximum absolute atomic E-state index is 13.0. The predicted octanol–water partition coefficient (Wildman–Crippen LogP) is 3.75. The minimum atomic E-state index is -4.50. The summed E-state index contributed by atoms with van der Waals surface area (Å²) in [5, 5.41) is 2.62. The van der Waals surface area contributed by atoms with E-state index in [2.05, 4.69) is 15.3 Å². The zero-order chi connectivity index (χ0) is 20.1. The fourth-order valence-corrected chi connectivity index (χ4v) is 3.15. The van der Waals surface area contributed by atoms with Crippen LogP contribution in [0.2, 0.25) is 0 Å². The van der Waals surface area contributed by atoms with E-state index in [4.69, 9.17) is 4.74 Å². The Bertz CT molecular complexity index is 815. The highest BCUT2D eigenvalue weighted by atomic mass is 19.4. The van der Waals surface area contributed by atoms with E-state index in [0.29, 0.717) is 18.9 Å². The molecule has 1 fully saturated rings. The Balaban J connectivity index is 1.76. The summed E-state index contributed by atoms with van der Waals surface area (Å²) in [7, 11) is 0. The second-order valence-corrected chi connectivity index (χ2v) is 6.46. The highest BCUT2D eigenvalue weighted by molar-refractivity contribution is 5.94. The van der Waals surface area contributed by atoms with E-state index in [1.807, 2.05) is 4.90 Å². The second-order valence-electron chi connectivity index (χ2n) is 6.46. The van der Waals surface area contributed by atoms with Crippen LogP contribution in [0.5, 0.6) is 5.75 Å². The van der Waals surface area contributed by atoms with Gasteiger partial charge < -0.3 is 15.0 Å². The van der Waals surface area contributed by atoms with Crippen molar-refractivity contribution in [1.29, 1.82) is 0 Å². The molecule has 6 nitrogen and oxygen atoms in total. The summed E-state index contributed by atoms with van der Waals surface area (Å²) in [5.41, 5.74) is -0.816. The van der Waals surface area contributed by atoms with Crippen molar-refractivity contribution in [3.8, 4) is 5.75 Å². The number of ether oxygens (including phenoxy) is 1. The normalized spacial score (nSPS) is 17.3. The molecular weight excluding hydrogens is 373 g/mol. The Labute approximate surface area is 160 Å². The molecule has 0 bridgehead atoms. The van der Waals surface area contributed by atoms with Crippen LogP contribution in [0.4, 0.5) is 24.8 Å². The first-order chi connectivity index (χ1) is 13.4. The van der Waals surface area contributed by atoms with Crippen molar-refractivity contribution < 1.29 is 22.7 Å². The highest BCUT2D eigenvalue weighted by Gasteiger charge is 2.32. The number of nitrogens with one attached hydrogen (secondary N) is 1. The number of carbonyl (C=O) groups is 1. The molecule has 1 amide bonds. The molecule has 28 heavy (non-hydrogen) atoms. The first-order valence-corrected chi connectivity index (χ1v) is 9.05. The summed E-state index contributed by atoms with van der Waals surface area (Å²) < 4.78 is 44.5. The van der Waals surface area contributed by atoms with Gasteiger partial charge in [-0.25, -0.2) is 9.97 Å². The number of benzene rings is 1. The van der Waals surface area contributed by atoms with Crippen LogP contribution in [0.25, 0.3) is 0 Å². The molecule has 2 aromatic rings. The minimum absolute atomic E-state index is 0.0229. The number of amides is 1. The number of halogens is 3. The van der Waals surface area contributed by atoms with Gasteiger partial charge in [0, 0.05) is 25.5 Å². The Kier molecular flexibility index (Phi) is 6.01. The average Bonchev–Trinajstić information content (AvgIpc) is 2.69. The molecule has 1 unspecified atom stereocenters. The SMILES string of the molecule is CCOc1ccc(C(F)(F)F)cc1NC(=O)C1CCCN(c2ncccn2)C1. The van der Waals surface area contributed by atoms with Gasteiger partial charge in [0.15, 0.2) is 0 Å². The van der Waals surface area contributed by atoms with E-state index in [-0.39, 0.29) is 29.9 Å². The average molecular weight is 394 g/mol. The Morgan fingerprint density at radius 2 is 2.07 bits per heavy atom. The highest BCUT2D eigenvalue weighted by Crippen LogP contribution is 2.35. The third-order valence-electron chi connectivity index (χ3n) is 4.49. The number of alkyl halides is 3. The molecule has 150 valence electrons. The largest absolute Gasteiger partial charge is 0.492 e. The van der Waals surface area contributed by atoms with Gasteiger partial charge in [-0.2, -0.15) is 13.2 Å². The standard InChI is InChI=1S/C19H21F3N4O2/c1-2-28-16-7-6-14(19(20,21)22)11-15(16)25-17(27)13-5-3-10-26(12-13)18-23-8-4-9-24-18/h4,6-9,11,13H,2-3,5,10,12H2,1H3,(H,25,27). The molecule has 0 spiro atoms. The van der Waals surface area contributed by atoms with E-state index in [9.17, 15) is 18.0 Å². The number of nitrogens with zero attached hydrogens (tertiary/aromatic N) is 3. The molecule has 1 atom stereocenters. The van der Waals surface area contributed by atoms with Gasteiger partial charge in [0.05, 0.1) is 23.8 Å². The summed E-state index contributed by atoms with van der Waals surface area (Å²) in [6.45, 7) is 3.12. The maximum Gasteiger partial charge on any atom is 0.416 e. The maximum atomic E-state index is 13.0. The lowest BCUT2D eigenvalue weighted by atomic mass is 9.97.